The van der Waals surface area contributed by atoms with Gasteiger partial charge in [-0.15, -0.1) is 10.2 Å². The zero-order chi connectivity index (χ0) is 17.8. The Morgan fingerprint density at radius 3 is 2.68 bits per heavy atom. The lowest BCUT2D eigenvalue weighted by Crippen LogP contribution is -1.91. The van der Waals surface area contributed by atoms with E-state index in [0.717, 1.165) is 17.8 Å². The molecule has 0 aliphatic carbocycles. The average Bonchev–Trinajstić information content (AvgIpc) is 3.11. The first-order valence-electron chi connectivity index (χ1n) is 7.24. The van der Waals surface area contributed by atoms with Crippen molar-refractivity contribution in [3.8, 4) is 23.0 Å². The number of hydrogen-bond acceptors (Lipinski definition) is 6. The SMILES string of the molecule is COc1ccc(-c2nnc(SCc3cccc(F)c3F)o2)c(OC)c1. The molecule has 3 rings (SSSR count). The Morgan fingerprint density at radius 2 is 1.92 bits per heavy atom. The summed E-state index contributed by atoms with van der Waals surface area (Å²) in [5, 5.41) is 8.14. The summed E-state index contributed by atoms with van der Waals surface area (Å²) in [6.07, 6.45) is 0. The summed E-state index contributed by atoms with van der Waals surface area (Å²) in [5.41, 5.74) is 0.839. The molecule has 2 aromatic carbocycles. The van der Waals surface area contributed by atoms with E-state index in [1.807, 2.05) is 0 Å². The van der Waals surface area contributed by atoms with Gasteiger partial charge in [-0.25, -0.2) is 8.78 Å². The van der Waals surface area contributed by atoms with Crippen LogP contribution in [0.15, 0.2) is 46.0 Å². The number of ether oxygens (including phenoxy) is 2. The van der Waals surface area contributed by atoms with Crippen LogP contribution in [0.3, 0.4) is 0 Å². The molecule has 0 bridgehead atoms. The zero-order valence-electron chi connectivity index (χ0n) is 13.5. The van der Waals surface area contributed by atoms with Gasteiger partial charge in [-0.2, -0.15) is 0 Å². The third kappa shape index (κ3) is 3.74. The molecule has 0 unspecified atom stereocenters. The van der Waals surface area contributed by atoms with Crippen molar-refractivity contribution in [3.63, 3.8) is 0 Å². The fourth-order valence-corrected chi connectivity index (χ4v) is 2.89. The summed E-state index contributed by atoms with van der Waals surface area (Å²) >= 11 is 1.12. The van der Waals surface area contributed by atoms with Crippen LogP contribution in [0.2, 0.25) is 0 Å². The highest BCUT2D eigenvalue weighted by atomic mass is 32.2. The van der Waals surface area contributed by atoms with Gasteiger partial charge in [-0.3, -0.25) is 0 Å². The van der Waals surface area contributed by atoms with Gasteiger partial charge in [0.2, 0.25) is 0 Å². The Morgan fingerprint density at radius 1 is 1.08 bits per heavy atom. The van der Waals surface area contributed by atoms with Gasteiger partial charge in [0, 0.05) is 17.4 Å². The van der Waals surface area contributed by atoms with E-state index in [9.17, 15) is 8.78 Å². The van der Waals surface area contributed by atoms with E-state index in [4.69, 9.17) is 13.9 Å². The molecule has 0 atom stereocenters. The standard InChI is InChI=1S/C17H14F2N2O3S/c1-22-11-6-7-12(14(8-11)23-2)16-20-21-17(24-16)25-9-10-4-3-5-13(18)15(10)19/h3-8H,9H2,1-2H3. The number of thioether (sulfide) groups is 1. The minimum Gasteiger partial charge on any atom is -0.497 e. The maximum atomic E-state index is 13.7. The Balaban J connectivity index is 1.78. The number of nitrogens with zero attached hydrogens (tertiary/aromatic N) is 2. The molecule has 130 valence electrons. The highest BCUT2D eigenvalue weighted by Gasteiger charge is 2.16. The van der Waals surface area contributed by atoms with Gasteiger partial charge in [0.25, 0.3) is 11.1 Å². The van der Waals surface area contributed by atoms with Gasteiger partial charge < -0.3 is 13.9 Å². The fourth-order valence-electron chi connectivity index (χ4n) is 2.15. The fraction of sp³-hybridized carbons (Fsp3) is 0.176. The van der Waals surface area contributed by atoms with Crippen LogP contribution in [0.4, 0.5) is 8.78 Å². The number of methoxy groups -OCH3 is 2. The van der Waals surface area contributed by atoms with Crippen molar-refractivity contribution in [3.05, 3.63) is 53.6 Å². The van der Waals surface area contributed by atoms with Gasteiger partial charge in [0.15, 0.2) is 11.6 Å². The second kappa shape index (κ2) is 7.52. The maximum Gasteiger partial charge on any atom is 0.277 e. The quantitative estimate of drug-likeness (QED) is 0.607. The second-order valence-corrected chi connectivity index (χ2v) is 5.87. The summed E-state index contributed by atoms with van der Waals surface area (Å²) in [5.74, 6) is -0.155. The van der Waals surface area contributed by atoms with Gasteiger partial charge in [-0.05, 0) is 18.2 Å². The smallest absolute Gasteiger partial charge is 0.277 e. The zero-order valence-corrected chi connectivity index (χ0v) is 14.3. The lowest BCUT2D eigenvalue weighted by molar-refractivity contribution is 0.393. The summed E-state index contributed by atoms with van der Waals surface area (Å²) in [6.45, 7) is 0. The molecule has 0 amide bonds. The van der Waals surface area contributed by atoms with Gasteiger partial charge in [-0.1, -0.05) is 23.9 Å². The van der Waals surface area contributed by atoms with E-state index < -0.39 is 11.6 Å². The normalized spacial score (nSPS) is 10.7. The van der Waals surface area contributed by atoms with Gasteiger partial charge in [0.1, 0.15) is 11.5 Å². The lowest BCUT2D eigenvalue weighted by atomic mass is 10.2. The number of aromatic nitrogens is 2. The monoisotopic (exact) mass is 364 g/mol. The van der Waals surface area contributed by atoms with Gasteiger partial charge >= 0.3 is 0 Å². The van der Waals surface area contributed by atoms with E-state index in [1.54, 1.807) is 25.3 Å². The van der Waals surface area contributed by atoms with Crippen LogP contribution in [-0.4, -0.2) is 24.4 Å². The molecule has 0 saturated heterocycles. The first-order valence-corrected chi connectivity index (χ1v) is 8.22. The summed E-state index contributed by atoms with van der Waals surface area (Å²) < 4.78 is 42.9. The second-order valence-electron chi connectivity index (χ2n) is 4.94. The molecule has 1 heterocycles. The minimum atomic E-state index is -0.882. The average molecular weight is 364 g/mol. The molecule has 5 nitrogen and oxygen atoms in total. The molecule has 0 fully saturated rings. The van der Waals surface area contributed by atoms with Crippen molar-refractivity contribution in [1.82, 2.24) is 10.2 Å². The van der Waals surface area contributed by atoms with E-state index in [1.165, 1.54) is 19.2 Å². The van der Waals surface area contributed by atoms with Crippen LogP contribution in [0.1, 0.15) is 5.56 Å². The van der Waals surface area contributed by atoms with Crippen molar-refractivity contribution >= 4 is 11.8 Å². The van der Waals surface area contributed by atoms with Crippen LogP contribution in [0, 0.1) is 11.6 Å². The van der Waals surface area contributed by atoms with Crippen LogP contribution in [-0.2, 0) is 5.75 Å². The van der Waals surface area contributed by atoms with E-state index in [-0.39, 0.29) is 22.4 Å². The van der Waals surface area contributed by atoms with E-state index in [2.05, 4.69) is 10.2 Å². The number of benzene rings is 2. The molecule has 0 N–H and O–H groups in total. The van der Waals surface area contributed by atoms with E-state index >= 15 is 0 Å². The topological polar surface area (TPSA) is 57.4 Å². The molecule has 0 aliphatic heterocycles. The Labute approximate surface area is 147 Å². The molecule has 25 heavy (non-hydrogen) atoms. The molecule has 0 aliphatic rings. The number of halogens is 2. The first kappa shape index (κ1) is 17.2. The predicted molar refractivity (Wildman–Crippen MR) is 88.8 cm³/mol. The van der Waals surface area contributed by atoms with Gasteiger partial charge in [0.05, 0.1) is 19.8 Å². The lowest BCUT2D eigenvalue weighted by Gasteiger charge is -2.07. The summed E-state index contributed by atoms with van der Waals surface area (Å²) in [4.78, 5) is 0. The van der Waals surface area contributed by atoms with Crippen LogP contribution >= 0.6 is 11.8 Å². The highest BCUT2D eigenvalue weighted by Crippen LogP contribution is 2.34. The predicted octanol–water partition coefficient (Wildman–Crippen LogP) is 4.32. The molecular weight excluding hydrogens is 350 g/mol. The largest absolute Gasteiger partial charge is 0.497 e. The molecule has 3 aromatic rings. The third-order valence-electron chi connectivity index (χ3n) is 3.43. The van der Waals surface area contributed by atoms with Crippen molar-refractivity contribution in [2.75, 3.05) is 14.2 Å². The molecule has 0 spiro atoms. The Bertz CT molecular complexity index is 886. The molecule has 1 aromatic heterocycles. The number of hydrogen-bond donors (Lipinski definition) is 0. The van der Waals surface area contributed by atoms with Crippen LogP contribution in [0.5, 0.6) is 11.5 Å². The van der Waals surface area contributed by atoms with Crippen molar-refractivity contribution < 1.29 is 22.7 Å². The van der Waals surface area contributed by atoms with Crippen molar-refractivity contribution in [2.24, 2.45) is 0 Å². The number of rotatable bonds is 6. The van der Waals surface area contributed by atoms with Crippen molar-refractivity contribution in [1.29, 1.82) is 0 Å². The highest BCUT2D eigenvalue weighted by molar-refractivity contribution is 7.98. The minimum absolute atomic E-state index is 0.172. The Hall–Kier alpha value is -2.61. The first-order chi connectivity index (χ1) is 12.1. The summed E-state index contributed by atoms with van der Waals surface area (Å²) in [6, 6.07) is 9.23. The van der Waals surface area contributed by atoms with Crippen molar-refractivity contribution in [2.45, 2.75) is 11.0 Å². The van der Waals surface area contributed by atoms with E-state index in [0.29, 0.717) is 17.1 Å². The van der Waals surface area contributed by atoms with Crippen LogP contribution < -0.4 is 9.47 Å². The molecule has 8 heteroatoms. The molecule has 0 radical (unpaired) electrons. The Kier molecular flexibility index (Phi) is 5.18. The maximum absolute atomic E-state index is 13.7. The summed E-state index contributed by atoms with van der Waals surface area (Å²) in [7, 11) is 3.08. The third-order valence-corrected chi connectivity index (χ3v) is 4.30. The molecular formula is C17H14F2N2O3S. The molecule has 0 saturated carbocycles. The van der Waals surface area contributed by atoms with Crippen LogP contribution in [0.25, 0.3) is 11.5 Å².